The molecule has 1 unspecified atom stereocenters. The molecule has 6 nitrogen and oxygen atoms in total. The van der Waals surface area contributed by atoms with Crippen molar-refractivity contribution in [2.75, 3.05) is 11.1 Å². The van der Waals surface area contributed by atoms with E-state index in [2.05, 4.69) is 10.4 Å². The molecular weight excluding hydrogens is 232 g/mol. The molecule has 2 rings (SSSR count). The van der Waals surface area contributed by atoms with Crippen LogP contribution in [0.3, 0.4) is 0 Å². The minimum absolute atomic E-state index is 0.154. The van der Waals surface area contributed by atoms with Crippen LogP contribution in [0.5, 0.6) is 5.75 Å². The van der Waals surface area contributed by atoms with E-state index in [1.165, 1.54) is 16.8 Å². The molecule has 0 saturated carbocycles. The summed E-state index contributed by atoms with van der Waals surface area (Å²) in [6.45, 7) is 1.72. The molecule has 1 amide bonds. The zero-order chi connectivity index (χ0) is 13.1. The molecule has 0 aliphatic rings. The number of phenols is 1. The van der Waals surface area contributed by atoms with Gasteiger partial charge in [0.15, 0.2) is 0 Å². The molecule has 1 atom stereocenters. The van der Waals surface area contributed by atoms with Crippen molar-refractivity contribution < 1.29 is 9.90 Å². The van der Waals surface area contributed by atoms with Crippen molar-refractivity contribution in [3.05, 3.63) is 36.5 Å². The summed E-state index contributed by atoms with van der Waals surface area (Å²) in [5, 5.41) is 15.8. The van der Waals surface area contributed by atoms with Crippen molar-refractivity contribution in [3.8, 4) is 5.75 Å². The Balaban J connectivity index is 2.05. The molecule has 94 valence electrons. The van der Waals surface area contributed by atoms with Crippen molar-refractivity contribution in [1.29, 1.82) is 0 Å². The average Bonchev–Trinajstić information content (AvgIpc) is 2.78. The van der Waals surface area contributed by atoms with Gasteiger partial charge in [-0.25, -0.2) is 0 Å². The first kappa shape index (κ1) is 12.0. The minimum atomic E-state index is -0.462. The van der Waals surface area contributed by atoms with Crippen molar-refractivity contribution in [2.45, 2.75) is 13.0 Å². The molecule has 0 aliphatic carbocycles. The molecule has 0 radical (unpaired) electrons. The minimum Gasteiger partial charge on any atom is -0.508 e. The zero-order valence-electron chi connectivity index (χ0n) is 9.87. The second kappa shape index (κ2) is 4.79. The Kier molecular flexibility index (Phi) is 3.18. The number of rotatable bonds is 3. The predicted molar refractivity (Wildman–Crippen MR) is 68.1 cm³/mol. The van der Waals surface area contributed by atoms with Crippen LogP contribution >= 0.6 is 0 Å². The first-order chi connectivity index (χ1) is 8.56. The number of aromatic nitrogens is 2. The van der Waals surface area contributed by atoms with Gasteiger partial charge in [-0.05, 0) is 37.3 Å². The molecule has 1 aromatic heterocycles. The number of aromatic hydroxyl groups is 1. The van der Waals surface area contributed by atoms with E-state index in [0.29, 0.717) is 11.5 Å². The SMILES string of the molecule is CC(C(=O)Nc1ccc(O)cc1)n1ccc(N)n1. The third-order valence-electron chi connectivity index (χ3n) is 2.54. The molecule has 2 aromatic rings. The zero-order valence-corrected chi connectivity index (χ0v) is 9.87. The van der Waals surface area contributed by atoms with Crippen LogP contribution < -0.4 is 11.1 Å². The molecule has 0 saturated heterocycles. The van der Waals surface area contributed by atoms with Crippen LogP contribution in [0.4, 0.5) is 11.5 Å². The Morgan fingerprint density at radius 1 is 1.39 bits per heavy atom. The fourth-order valence-corrected chi connectivity index (χ4v) is 1.48. The highest BCUT2D eigenvalue weighted by atomic mass is 16.3. The third kappa shape index (κ3) is 2.60. The van der Waals surface area contributed by atoms with Crippen molar-refractivity contribution in [3.63, 3.8) is 0 Å². The number of benzene rings is 1. The summed E-state index contributed by atoms with van der Waals surface area (Å²) in [7, 11) is 0. The average molecular weight is 246 g/mol. The van der Waals surface area contributed by atoms with Gasteiger partial charge in [-0.2, -0.15) is 5.10 Å². The molecule has 4 N–H and O–H groups in total. The van der Waals surface area contributed by atoms with Gasteiger partial charge in [0.25, 0.3) is 0 Å². The molecule has 6 heteroatoms. The van der Waals surface area contributed by atoms with Crippen LogP contribution in [-0.4, -0.2) is 20.8 Å². The van der Waals surface area contributed by atoms with Gasteiger partial charge in [-0.15, -0.1) is 0 Å². The Morgan fingerprint density at radius 2 is 2.06 bits per heavy atom. The van der Waals surface area contributed by atoms with Crippen LogP contribution in [0.2, 0.25) is 0 Å². The number of carbonyl (C=O) groups is 1. The number of amides is 1. The molecular formula is C12H14N4O2. The molecule has 0 bridgehead atoms. The summed E-state index contributed by atoms with van der Waals surface area (Å²) in [5.41, 5.74) is 6.11. The maximum absolute atomic E-state index is 11.9. The van der Waals surface area contributed by atoms with Gasteiger partial charge in [-0.3, -0.25) is 9.48 Å². The van der Waals surface area contributed by atoms with E-state index in [1.807, 2.05) is 0 Å². The van der Waals surface area contributed by atoms with Gasteiger partial charge in [0, 0.05) is 11.9 Å². The van der Waals surface area contributed by atoms with Crippen LogP contribution in [0, 0.1) is 0 Å². The van der Waals surface area contributed by atoms with Crippen LogP contribution in [-0.2, 0) is 4.79 Å². The monoisotopic (exact) mass is 246 g/mol. The summed E-state index contributed by atoms with van der Waals surface area (Å²) in [5.74, 6) is 0.323. The Hall–Kier alpha value is -2.50. The maximum atomic E-state index is 11.9. The van der Waals surface area contributed by atoms with E-state index in [4.69, 9.17) is 10.8 Å². The van der Waals surface area contributed by atoms with Gasteiger partial charge >= 0.3 is 0 Å². The Labute approximate surface area is 104 Å². The lowest BCUT2D eigenvalue weighted by atomic mass is 10.2. The number of nitrogens with one attached hydrogen (secondary N) is 1. The summed E-state index contributed by atoms with van der Waals surface area (Å²) < 4.78 is 1.49. The number of nitrogen functional groups attached to an aromatic ring is 1. The van der Waals surface area contributed by atoms with Gasteiger partial charge < -0.3 is 16.2 Å². The molecule has 1 aromatic carbocycles. The summed E-state index contributed by atoms with van der Waals surface area (Å²) in [6.07, 6.45) is 1.65. The lowest BCUT2D eigenvalue weighted by Crippen LogP contribution is -2.24. The smallest absolute Gasteiger partial charge is 0.248 e. The van der Waals surface area contributed by atoms with Gasteiger partial charge in [0.1, 0.15) is 17.6 Å². The molecule has 0 aliphatic heterocycles. The molecule has 18 heavy (non-hydrogen) atoms. The second-order valence-electron chi connectivity index (χ2n) is 3.93. The second-order valence-corrected chi connectivity index (χ2v) is 3.93. The van der Waals surface area contributed by atoms with Crippen LogP contribution in [0.15, 0.2) is 36.5 Å². The van der Waals surface area contributed by atoms with Crippen molar-refractivity contribution in [1.82, 2.24) is 9.78 Å². The third-order valence-corrected chi connectivity index (χ3v) is 2.54. The highest BCUT2D eigenvalue weighted by Crippen LogP contribution is 2.16. The fourth-order valence-electron chi connectivity index (χ4n) is 1.48. The van der Waals surface area contributed by atoms with E-state index in [9.17, 15) is 4.79 Å². The lowest BCUT2D eigenvalue weighted by molar-refractivity contribution is -0.119. The summed E-state index contributed by atoms with van der Waals surface area (Å²) in [6, 6.07) is 7.42. The van der Waals surface area contributed by atoms with Crippen molar-refractivity contribution >= 4 is 17.4 Å². The summed E-state index contributed by atoms with van der Waals surface area (Å²) >= 11 is 0. The summed E-state index contributed by atoms with van der Waals surface area (Å²) in [4.78, 5) is 11.9. The molecule has 0 fully saturated rings. The van der Waals surface area contributed by atoms with Gasteiger partial charge in [0.2, 0.25) is 5.91 Å². The largest absolute Gasteiger partial charge is 0.508 e. The van der Waals surface area contributed by atoms with E-state index in [1.54, 1.807) is 31.3 Å². The lowest BCUT2D eigenvalue weighted by Gasteiger charge is -2.12. The fraction of sp³-hybridized carbons (Fsp3) is 0.167. The number of anilines is 2. The van der Waals surface area contributed by atoms with Gasteiger partial charge in [-0.1, -0.05) is 0 Å². The Bertz CT molecular complexity index is 547. The Morgan fingerprint density at radius 3 is 2.61 bits per heavy atom. The van der Waals surface area contributed by atoms with Gasteiger partial charge in [0.05, 0.1) is 0 Å². The quantitative estimate of drug-likeness (QED) is 0.713. The normalized spacial score (nSPS) is 12.1. The van der Waals surface area contributed by atoms with E-state index < -0.39 is 6.04 Å². The van der Waals surface area contributed by atoms with Crippen molar-refractivity contribution in [2.24, 2.45) is 0 Å². The van der Waals surface area contributed by atoms with Crippen LogP contribution in [0.1, 0.15) is 13.0 Å². The van der Waals surface area contributed by atoms with Crippen LogP contribution in [0.25, 0.3) is 0 Å². The predicted octanol–water partition coefficient (Wildman–Crippen LogP) is 1.37. The number of nitrogens with two attached hydrogens (primary N) is 1. The number of hydrogen-bond acceptors (Lipinski definition) is 4. The number of phenolic OH excluding ortho intramolecular Hbond substituents is 1. The van der Waals surface area contributed by atoms with E-state index >= 15 is 0 Å². The number of nitrogens with zero attached hydrogens (tertiary/aromatic N) is 2. The standard InChI is InChI=1S/C12H14N4O2/c1-8(16-7-6-11(13)15-16)12(18)14-9-2-4-10(17)5-3-9/h2-8,17H,1H3,(H2,13,15)(H,14,18). The topological polar surface area (TPSA) is 93.2 Å². The van der Waals surface area contributed by atoms with E-state index in [0.717, 1.165) is 0 Å². The first-order valence-corrected chi connectivity index (χ1v) is 5.47. The molecule has 1 heterocycles. The highest BCUT2D eigenvalue weighted by molar-refractivity contribution is 5.93. The number of carbonyl (C=O) groups excluding carboxylic acids is 1. The van der Waals surface area contributed by atoms with E-state index in [-0.39, 0.29) is 11.7 Å². The first-order valence-electron chi connectivity index (χ1n) is 5.47. The number of hydrogen-bond donors (Lipinski definition) is 3. The maximum Gasteiger partial charge on any atom is 0.248 e. The molecule has 0 spiro atoms. The highest BCUT2D eigenvalue weighted by Gasteiger charge is 2.15.